The highest BCUT2D eigenvalue weighted by molar-refractivity contribution is 5.90. The SMILES string of the molecule is CC(=O)Nc1cc(C#C[C]2[CH][CH][CH][CH]2)cc(NC(C)=O)n1. The molecule has 2 N–H and O–H groups in total. The molecule has 1 fully saturated rings. The van der Waals surface area contributed by atoms with Crippen LogP contribution in [-0.4, -0.2) is 16.8 Å². The minimum atomic E-state index is -0.239. The van der Waals surface area contributed by atoms with E-state index in [0.29, 0.717) is 17.2 Å². The topological polar surface area (TPSA) is 71.1 Å². The maximum Gasteiger partial charge on any atom is 0.222 e. The van der Waals surface area contributed by atoms with Crippen LogP contribution in [0, 0.1) is 43.4 Å². The number of pyridine rings is 1. The lowest BCUT2D eigenvalue weighted by molar-refractivity contribution is -0.115. The number of carbonyl (C=O) groups is 2. The summed E-state index contributed by atoms with van der Waals surface area (Å²) in [4.78, 5) is 26.4. The van der Waals surface area contributed by atoms with E-state index < -0.39 is 0 Å². The van der Waals surface area contributed by atoms with Crippen molar-refractivity contribution in [1.82, 2.24) is 4.98 Å². The monoisotopic (exact) mass is 280 g/mol. The van der Waals surface area contributed by atoms with Crippen LogP contribution < -0.4 is 10.6 Å². The van der Waals surface area contributed by atoms with Crippen molar-refractivity contribution in [2.24, 2.45) is 0 Å². The Morgan fingerprint density at radius 3 is 1.95 bits per heavy atom. The Hall–Kier alpha value is -2.35. The molecule has 0 unspecified atom stereocenters. The molecule has 5 nitrogen and oxygen atoms in total. The van der Waals surface area contributed by atoms with Gasteiger partial charge in [-0.25, -0.2) is 4.98 Å². The average Bonchev–Trinajstić information content (AvgIpc) is 2.87. The van der Waals surface area contributed by atoms with Crippen LogP contribution in [0.1, 0.15) is 19.4 Å². The number of rotatable bonds is 2. The zero-order chi connectivity index (χ0) is 15.2. The zero-order valence-electron chi connectivity index (χ0n) is 11.7. The van der Waals surface area contributed by atoms with Crippen LogP contribution in [0.5, 0.6) is 0 Å². The summed E-state index contributed by atoms with van der Waals surface area (Å²) < 4.78 is 0. The molecule has 0 aromatic carbocycles. The second-order valence-electron chi connectivity index (χ2n) is 4.41. The van der Waals surface area contributed by atoms with Crippen LogP contribution in [0.25, 0.3) is 0 Å². The predicted octanol–water partition coefficient (Wildman–Crippen LogP) is 1.76. The summed E-state index contributed by atoms with van der Waals surface area (Å²) in [6, 6.07) is 3.31. The van der Waals surface area contributed by atoms with E-state index in [0.717, 1.165) is 5.92 Å². The Morgan fingerprint density at radius 1 is 0.952 bits per heavy atom. The highest BCUT2D eigenvalue weighted by Crippen LogP contribution is 2.22. The molecule has 1 aliphatic carbocycles. The van der Waals surface area contributed by atoms with Gasteiger partial charge in [-0.15, -0.1) is 0 Å². The molecule has 1 aromatic rings. The lowest BCUT2D eigenvalue weighted by Gasteiger charge is -2.06. The van der Waals surface area contributed by atoms with Crippen LogP contribution in [-0.2, 0) is 9.59 Å². The number of carbonyl (C=O) groups excluding carboxylic acids is 2. The van der Waals surface area contributed by atoms with Gasteiger partial charge in [0.2, 0.25) is 11.8 Å². The number of nitrogens with one attached hydrogen (secondary N) is 2. The fourth-order valence-electron chi connectivity index (χ4n) is 1.69. The van der Waals surface area contributed by atoms with Gasteiger partial charge in [-0.1, -0.05) is 11.8 Å². The molecule has 0 saturated heterocycles. The van der Waals surface area contributed by atoms with Crippen LogP contribution in [0.2, 0.25) is 0 Å². The van der Waals surface area contributed by atoms with Gasteiger partial charge in [0.25, 0.3) is 0 Å². The van der Waals surface area contributed by atoms with Crippen molar-refractivity contribution in [3.05, 3.63) is 49.3 Å². The van der Waals surface area contributed by atoms with Crippen molar-refractivity contribution in [2.45, 2.75) is 13.8 Å². The van der Waals surface area contributed by atoms with E-state index in [1.54, 1.807) is 12.1 Å². The van der Waals surface area contributed by atoms with Crippen LogP contribution in [0.15, 0.2) is 12.1 Å². The van der Waals surface area contributed by atoms with Crippen LogP contribution in [0.3, 0.4) is 0 Å². The van der Waals surface area contributed by atoms with Gasteiger partial charge in [-0.3, -0.25) is 9.59 Å². The van der Waals surface area contributed by atoms with E-state index in [2.05, 4.69) is 27.5 Å². The van der Waals surface area contributed by atoms with Crippen LogP contribution in [0.4, 0.5) is 11.6 Å². The van der Waals surface area contributed by atoms with Gasteiger partial charge in [0.15, 0.2) is 0 Å². The summed E-state index contributed by atoms with van der Waals surface area (Å²) in [6.45, 7) is 2.78. The van der Waals surface area contributed by atoms with Gasteiger partial charge in [-0.2, -0.15) is 0 Å². The zero-order valence-corrected chi connectivity index (χ0v) is 11.7. The molecule has 1 aliphatic rings. The minimum absolute atomic E-state index is 0.239. The number of aromatic nitrogens is 1. The maximum atomic E-state index is 11.1. The molecule has 1 heterocycles. The Morgan fingerprint density at radius 2 is 1.48 bits per heavy atom. The van der Waals surface area contributed by atoms with Gasteiger partial charge >= 0.3 is 0 Å². The first kappa shape index (κ1) is 15.0. The van der Waals surface area contributed by atoms with Crippen molar-refractivity contribution in [2.75, 3.05) is 10.6 Å². The first-order valence-corrected chi connectivity index (χ1v) is 6.34. The normalized spacial score (nSPS) is 14.2. The fraction of sp³-hybridized carbons (Fsp3) is 0.125. The summed E-state index contributed by atoms with van der Waals surface area (Å²) in [5.41, 5.74) is 0.652. The first-order valence-electron chi connectivity index (χ1n) is 6.34. The van der Waals surface area contributed by atoms with Gasteiger partial charge in [0.05, 0.1) is 5.92 Å². The molecule has 2 amide bonds. The summed E-state index contributed by atoms with van der Waals surface area (Å²) in [6.07, 6.45) is 7.61. The van der Waals surface area contributed by atoms with E-state index in [4.69, 9.17) is 0 Å². The van der Waals surface area contributed by atoms with E-state index in [-0.39, 0.29) is 11.8 Å². The molecular formula is C16H14N3O2. The average molecular weight is 280 g/mol. The quantitative estimate of drug-likeness (QED) is 0.811. The summed E-state index contributed by atoms with van der Waals surface area (Å²) in [5, 5.41) is 5.17. The Bertz CT molecular complexity index is 573. The molecule has 2 rings (SSSR count). The third-order valence-corrected chi connectivity index (χ3v) is 2.45. The van der Waals surface area contributed by atoms with E-state index in [1.165, 1.54) is 13.8 Å². The van der Waals surface area contributed by atoms with Gasteiger partial charge in [0, 0.05) is 19.4 Å². The van der Waals surface area contributed by atoms with Crippen LogP contribution >= 0.6 is 0 Å². The number of hydrogen-bond donors (Lipinski definition) is 2. The Labute approximate surface area is 124 Å². The molecule has 105 valence electrons. The number of anilines is 2. The lowest BCUT2D eigenvalue weighted by atomic mass is 10.1. The van der Waals surface area contributed by atoms with Gasteiger partial charge in [-0.05, 0) is 37.8 Å². The highest BCUT2D eigenvalue weighted by Gasteiger charge is 2.14. The van der Waals surface area contributed by atoms with E-state index in [1.807, 2.05) is 25.7 Å². The molecule has 1 aromatic heterocycles. The molecule has 0 bridgehead atoms. The highest BCUT2D eigenvalue weighted by atomic mass is 16.2. The summed E-state index contributed by atoms with van der Waals surface area (Å²) >= 11 is 0. The van der Waals surface area contributed by atoms with Crippen molar-refractivity contribution < 1.29 is 9.59 Å². The second kappa shape index (κ2) is 6.89. The molecule has 5 radical (unpaired) electrons. The lowest BCUT2D eigenvalue weighted by Crippen LogP contribution is -2.11. The van der Waals surface area contributed by atoms with Gasteiger partial charge < -0.3 is 10.6 Å². The molecule has 0 spiro atoms. The molecule has 0 atom stereocenters. The van der Waals surface area contributed by atoms with Crippen molar-refractivity contribution >= 4 is 23.5 Å². The number of amides is 2. The first-order chi connectivity index (χ1) is 10.0. The minimum Gasteiger partial charge on any atom is -0.311 e. The van der Waals surface area contributed by atoms with Crippen molar-refractivity contribution in [3.63, 3.8) is 0 Å². The molecule has 1 saturated carbocycles. The largest absolute Gasteiger partial charge is 0.311 e. The third kappa shape index (κ3) is 4.92. The Balaban J connectivity index is 2.24. The molecule has 0 aliphatic heterocycles. The smallest absolute Gasteiger partial charge is 0.222 e. The summed E-state index contributed by atoms with van der Waals surface area (Å²) in [7, 11) is 0. The Kier molecular flexibility index (Phi) is 4.94. The van der Waals surface area contributed by atoms with Crippen molar-refractivity contribution in [1.29, 1.82) is 0 Å². The second-order valence-corrected chi connectivity index (χ2v) is 4.41. The number of nitrogens with zero attached hydrogens (tertiary/aromatic N) is 1. The summed E-state index contributed by atoms with van der Waals surface area (Å²) in [5.74, 6) is 7.10. The van der Waals surface area contributed by atoms with E-state index >= 15 is 0 Å². The fourth-order valence-corrected chi connectivity index (χ4v) is 1.69. The maximum absolute atomic E-state index is 11.1. The molecule has 21 heavy (non-hydrogen) atoms. The molecule has 5 heteroatoms. The van der Waals surface area contributed by atoms with E-state index in [9.17, 15) is 9.59 Å². The predicted molar refractivity (Wildman–Crippen MR) is 80.2 cm³/mol. The number of hydrogen-bond acceptors (Lipinski definition) is 3. The van der Waals surface area contributed by atoms with Gasteiger partial charge in [0.1, 0.15) is 11.6 Å². The van der Waals surface area contributed by atoms with Crippen molar-refractivity contribution in [3.8, 4) is 11.8 Å². The standard InChI is InChI=1S/C16H14N3O2/c1-11(20)17-15-9-14(8-7-13-5-3-4-6-13)10-16(19-15)18-12(2)21/h3-6,9-10H,1-2H3,(H2,17,18,19,20,21). The molecular weight excluding hydrogens is 266 g/mol. The third-order valence-electron chi connectivity index (χ3n) is 2.45.